The van der Waals surface area contributed by atoms with Crippen LogP contribution in [0.1, 0.15) is 19.4 Å². The molecule has 0 amide bonds. The van der Waals surface area contributed by atoms with Crippen molar-refractivity contribution in [2.75, 3.05) is 31.2 Å². The molecule has 1 saturated heterocycles. The normalized spacial score (nSPS) is 15.5. The molecule has 0 aliphatic carbocycles. The fraction of sp³-hybridized carbons (Fsp3) is 0.500. The zero-order valence-corrected chi connectivity index (χ0v) is 13.9. The summed E-state index contributed by atoms with van der Waals surface area (Å²) in [6.07, 6.45) is 0. The van der Waals surface area contributed by atoms with E-state index in [2.05, 4.69) is 57.8 Å². The Morgan fingerprint density at radius 1 is 1.14 bits per heavy atom. The maximum absolute atomic E-state index is 5.45. The summed E-state index contributed by atoms with van der Waals surface area (Å²) in [7, 11) is 0. The number of thioether (sulfide) groups is 1. The van der Waals surface area contributed by atoms with Crippen molar-refractivity contribution >= 4 is 17.7 Å². The Labute approximate surface area is 135 Å². The molecule has 1 aliphatic heterocycles. The summed E-state index contributed by atoms with van der Waals surface area (Å²) >= 11 is 1.76. The van der Waals surface area contributed by atoms with Gasteiger partial charge >= 0.3 is 0 Å². The molecule has 0 bridgehead atoms. The third kappa shape index (κ3) is 3.62. The molecule has 6 heteroatoms. The zero-order chi connectivity index (χ0) is 15.4. The van der Waals surface area contributed by atoms with Crippen LogP contribution < -0.4 is 4.90 Å². The van der Waals surface area contributed by atoms with E-state index in [9.17, 15) is 0 Å². The molecule has 0 radical (unpaired) electrons. The maximum Gasteiger partial charge on any atom is 0.228 e. The lowest BCUT2D eigenvalue weighted by Gasteiger charge is -2.28. The van der Waals surface area contributed by atoms with Gasteiger partial charge in [-0.25, -0.2) is 0 Å². The second-order valence-corrected chi connectivity index (χ2v) is 7.16. The van der Waals surface area contributed by atoms with Crippen LogP contribution in [-0.4, -0.2) is 46.3 Å². The average molecular weight is 318 g/mol. The van der Waals surface area contributed by atoms with E-state index in [1.165, 1.54) is 5.56 Å². The summed E-state index contributed by atoms with van der Waals surface area (Å²) < 4.78 is 7.67. The van der Waals surface area contributed by atoms with Gasteiger partial charge in [0, 0.05) is 18.3 Å². The van der Waals surface area contributed by atoms with E-state index in [4.69, 9.17) is 4.74 Å². The summed E-state index contributed by atoms with van der Waals surface area (Å²) in [5, 5.41) is 10.3. The Kier molecular flexibility index (Phi) is 5.00. The van der Waals surface area contributed by atoms with Crippen LogP contribution in [0.25, 0.3) is 0 Å². The predicted octanol–water partition coefficient (Wildman–Crippen LogP) is 2.66. The predicted molar refractivity (Wildman–Crippen MR) is 89.6 cm³/mol. The van der Waals surface area contributed by atoms with Crippen molar-refractivity contribution in [2.24, 2.45) is 0 Å². The van der Waals surface area contributed by atoms with Crippen molar-refractivity contribution in [3.05, 3.63) is 35.9 Å². The van der Waals surface area contributed by atoms with Crippen LogP contribution in [-0.2, 0) is 11.3 Å². The van der Waals surface area contributed by atoms with Crippen molar-refractivity contribution in [2.45, 2.75) is 30.8 Å². The van der Waals surface area contributed by atoms with Gasteiger partial charge in [-0.1, -0.05) is 55.9 Å². The van der Waals surface area contributed by atoms with E-state index < -0.39 is 0 Å². The highest BCUT2D eigenvalue weighted by molar-refractivity contribution is 7.99. The van der Waals surface area contributed by atoms with Crippen molar-refractivity contribution in [3.8, 4) is 0 Å². The molecule has 2 aromatic rings. The smallest absolute Gasteiger partial charge is 0.228 e. The minimum atomic E-state index is 0.483. The Bertz CT molecular complexity index is 593. The molecule has 2 heterocycles. The largest absolute Gasteiger partial charge is 0.378 e. The number of anilines is 1. The fourth-order valence-electron chi connectivity index (χ4n) is 2.48. The number of ether oxygens (including phenoxy) is 1. The molecule has 1 aliphatic rings. The van der Waals surface area contributed by atoms with Crippen molar-refractivity contribution in [3.63, 3.8) is 0 Å². The SMILES string of the molecule is CC(C)Sc1nnc(N2CCOCC2)n1Cc1ccccc1. The van der Waals surface area contributed by atoms with Gasteiger partial charge in [0.1, 0.15) is 0 Å². The number of morpholine rings is 1. The van der Waals surface area contributed by atoms with E-state index in [-0.39, 0.29) is 0 Å². The Morgan fingerprint density at radius 2 is 1.86 bits per heavy atom. The highest BCUT2D eigenvalue weighted by atomic mass is 32.2. The third-order valence-electron chi connectivity index (χ3n) is 3.52. The lowest BCUT2D eigenvalue weighted by molar-refractivity contribution is 0.121. The topological polar surface area (TPSA) is 43.2 Å². The van der Waals surface area contributed by atoms with E-state index in [1.807, 2.05) is 6.07 Å². The van der Waals surface area contributed by atoms with Crippen LogP contribution in [0.2, 0.25) is 0 Å². The minimum Gasteiger partial charge on any atom is -0.378 e. The monoisotopic (exact) mass is 318 g/mol. The van der Waals surface area contributed by atoms with Crippen LogP contribution >= 0.6 is 11.8 Å². The summed E-state index contributed by atoms with van der Waals surface area (Å²) in [6.45, 7) is 8.42. The van der Waals surface area contributed by atoms with E-state index in [1.54, 1.807) is 11.8 Å². The standard InChI is InChI=1S/C16H22N4OS/c1-13(2)22-16-18-17-15(19-8-10-21-11-9-19)20(16)12-14-6-4-3-5-7-14/h3-7,13H,8-12H2,1-2H3. The number of benzene rings is 1. The molecular weight excluding hydrogens is 296 g/mol. The Morgan fingerprint density at radius 3 is 2.55 bits per heavy atom. The number of aromatic nitrogens is 3. The summed E-state index contributed by atoms with van der Waals surface area (Å²) in [5.74, 6) is 0.954. The second kappa shape index (κ2) is 7.15. The molecule has 0 saturated carbocycles. The lowest BCUT2D eigenvalue weighted by Crippen LogP contribution is -2.38. The van der Waals surface area contributed by atoms with Gasteiger partial charge in [0.15, 0.2) is 5.16 Å². The Balaban J connectivity index is 1.90. The van der Waals surface area contributed by atoms with Gasteiger partial charge in [-0.05, 0) is 5.56 Å². The first kappa shape index (κ1) is 15.4. The molecule has 118 valence electrons. The quantitative estimate of drug-likeness (QED) is 0.793. The first-order valence-corrected chi connectivity index (χ1v) is 8.58. The summed E-state index contributed by atoms with van der Waals surface area (Å²) in [5.41, 5.74) is 1.27. The average Bonchev–Trinajstić information content (AvgIpc) is 2.91. The highest BCUT2D eigenvalue weighted by Gasteiger charge is 2.21. The molecule has 5 nitrogen and oxygen atoms in total. The summed E-state index contributed by atoms with van der Waals surface area (Å²) in [6, 6.07) is 10.5. The molecule has 1 aromatic heterocycles. The molecule has 3 rings (SSSR count). The lowest BCUT2D eigenvalue weighted by atomic mass is 10.2. The third-order valence-corrected chi connectivity index (χ3v) is 4.50. The van der Waals surface area contributed by atoms with E-state index in [0.717, 1.165) is 44.0 Å². The number of hydrogen-bond acceptors (Lipinski definition) is 5. The van der Waals surface area contributed by atoms with Crippen molar-refractivity contribution in [1.82, 2.24) is 14.8 Å². The molecule has 0 N–H and O–H groups in total. The van der Waals surface area contributed by atoms with Gasteiger partial charge in [-0.2, -0.15) is 0 Å². The first-order chi connectivity index (χ1) is 10.7. The van der Waals surface area contributed by atoms with Gasteiger partial charge < -0.3 is 9.64 Å². The van der Waals surface area contributed by atoms with E-state index >= 15 is 0 Å². The minimum absolute atomic E-state index is 0.483. The number of rotatable bonds is 5. The van der Waals surface area contributed by atoms with Gasteiger partial charge in [-0.3, -0.25) is 4.57 Å². The van der Waals surface area contributed by atoms with Gasteiger partial charge in [-0.15, -0.1) is 10.2 Å². The fourth-order valence-corrected chi connectivity index (χ4v) is 3.26. The van der Waals surface area contributed by atoms with Crippen molar-refractivity contribution in [1.29, 1.82) is 0 Å². The van der Waals surface area contributed by atoms with Gasteiger partial charge in [0.25, 0.3) is 0 Å². The number of nitrogens with zero attached hydrogens (tertiary/aromatic N) is 4. The number of hydrogen-bond donors (Lipinski definition) is 0. The van der Waals surface area contributed by atoms with Gasteiger partial charge in [0.2, 0.25) is 5.95 Å². The van der Waals surface area contributed by atoms with Crippen LogP contribution in [0.4, 0.5) is 5.95 Å². The van der Waals surface area contributed by atoms with Crippen LogP contribution in [0.15, 0.2) is 35.5 Å². The van der Waals surface area contributed by atoms with Crippen LogP contribution in [0, 0.1) is 0 Å². The molecule has 0 spiro atoms. The van der Waals surface area contributed by atoms with E-state index in [0.29, 0.717) is 5.25 Å². The molecule has 1 aromatic carbocycles. The van der Waals surface area contributed by atoms with Gasteiger partial charge in [0.05, 0.1) is 19.8 Å². The first-order valence-electron chi connectivity index (χ1n) is 7.70. The van der Waals surface area contributed by atoms with Crippen LogP contribution in [0.3, 0.4) is 0 Å². The maximum atomic E-state index is 5.45. The molecule has 0 atom stereocenters. The second-order valence-electron chi connectivity index (χ2n) is 5.62. The Hall–Kier alpha value is -1.53. The molecule has 22 heavy (non-hydrogen) atoms. The summed E-state index contributed by atoms with van der Waals surface area (Å²) in [4.78, 5) is 2.27. The van der Waals surface area contributed by atoms with Crippen molar-refractivity contribution < 1.29 is 4.74 Å². The van der Waals surface area contributed by atoms with Crippen LogP contribution in [0.5, 0.6) is 0 Å². The molecule has 0 unspecified atom stereocenters. The molecule has 1 fully saturated rings. The molecular formula is C16H22N4OS. The highest BCUT2D eigenvalue weighted by Crippen LogP contribution is 2.26. The zero-order valence-electron chi connectivity index (χ0n) is 13.1.